The van der Waals surface area contributed by atoms with Gasteiger partial charge in [0.1, 0.15) is 5.75 Å². The molecular weight excluding hydrogens is 344 g/mol. The van der Waals surface area contributed by atoms with Gasteiger partial charge in [0.25, 0.3) is 0 Å². The molecule has 0 radical (unpaired) electrons. The Kier molecular flexibility index (Phi) is 3.92. The Bertz CT molecular complexity index is 791. The summed E-state index contributed by atoms with van der Waals surface area (Å²) in [7, 11) is -4.48. The Labute approximate surface area is 147 Å². The Hall–Kier alpha value is -1.15. The van der Waals surface area contributed by atoms with Gasteiger partial charge in [0.2, 0.25) is 0 Å². The van der Waals surface area contributed by atoms with Crippen molar-refractivity contribution in [2.75, 3.05) is 0 Å². The van der Waals surface area contributed by atoms with Gasteiger partial charge in [-0.2, -0.15) is 8.42 Å². The summed E-state index contributed by atoms with van der Waals surface area (Å²) < 4.78 is 36.5. The topological polar surface area (TPSA) is 104 Å². The first-order chi connectivity index (χ1) is 11.7. The Balaban J connectivity index is 1.68. The van der Waals surface area contributed by atoms with Crippen LogP contribution >= 0.6 is 0 Å². The molecule has 2 saturated carbocycles. The summed E-state index contributed by atoms with van der Waals surface area (Å²) in [6.45, 7) is 2.02. The van der Waals surface area contributed by atoms with Crippen LogP contribution < -0.4 is 0 Å². The van der Waals surface area contributed by atoms with Gasteiger partial charge in [-0.1, -0.05) is 13.0 Å². The number of fused-ring (bicyclic) bond motifs is 5. The molecule has 0 spiro atoms. The summed E-state index contributed by atoms with van der Waals surface area (Å²) in [4.78, 5) is 0. The zero-order chi connectivity index (χ0) is 18.0. The number of aromatic hydroxyl groups is 1. The van der Waals surface area contributed by atoms with E-state index in [0.29, 0.717) is 12.8 Å². The number of benzene rings is 1. The third kappa shape index (κ3) is 2.77. The minimum atomic E-state index is -4.48. The van der Waals surface area contributed by atoms with E-state index in [1.165, 1.54) is 5.56 Å². The molecule has 138 valence electrons. The first kappa shape index (κ1) is 17.3. The number of hydrogen-bond donors (Lipinski definition) is 3. The summed E-state index contributed by atoms with van der Waals surface area (Å²) in [5, 5.41) is 20.6. The van der Waals surface area contributed by atoms with Crippen molar-refractivity contribution in [1.82, 2.24) is 0 Å². The molecule has 7 heteroatoms. The van der Waals surface area contributed by atoms with E-state index in [2.05, 4.69) is 0 Å². The van der Waals surface area contributed by atoms with Crippen molar-refractivity contribution < 1.29 is 27.4 Å². The molecule has 0 amide bonds. The highest BCUT2D eigenvalue weighted by atomic mass is 32.3. The number of phenols is 1. The number of hydrogen-bond acceptors (Lipinski definition) is 5. The number of rotatable bonds is 2. The Morgan fingerprint density at radius 1 is 1.24 bits per heavy atom. The van der Waals surface area contributed by atoms with Gasteiger partial charge in [-0.15, -0.1) is 0 Å². The van der Waals surface area contributed by atoms with E-state index in [9.17, 15) is 18.6 Å². The predicted octanol–water partition coefficient (Wildman–Crippen LogP) is 2.41. The van der Waals surface area contributed by atoms with E-state index in [-0.39, 0.29) is 28.9 Å². The van der Waals surface area contributed by atoms with E-state index in [0.717, 1.165) is 24.8 Å². The normalized spacial score (nSPS) is 40.2. The smallest absolute Gasteiger partial charge is 0.397 e. The fourth-order valence-electron chi connectivity index (χ4n) is 5.84. The van der Waals surface area contributed by atoms with Crippen LogP contribution in [-0.2, 0) is 21.0 Å². The van der Waals surface area contributed by atoms with E-state index in [1.807, 2.05) is 13.0 Å². The molecule has 6 atom stereocenters. The summed E-state index contributed by atoms with van der Waals surface area (Å²) in [5.74, 6) is 0.621. The molecule has 0 bridgehead atoms. The van der Waals surface area contributed by atoms with Crippen molar-refractivity contribution >= 4 is 10.4 Å². The molecule has 0 saturated heterocycles. The molecule has 3 aliphatic rings. The lowest BCUT2D eigenvalue weighted by Crippen LogP contribution is -2.49. The highest BCUT2D eigenvalue weighted by Gasteiger charge is 2.58. The van der Waals surface area contributed by atoms with Gasteiger partial charge >= 0.3 is 10.4 Å². The molecule has 6 nitrogen and oxygen atoms in total. The van der Waals surface area contributed by atoms with Crippen LogP contribution in [0.4, 0.5) is 0 Å². The average Bonchev–Trinajstić information content (AvgIpc) is 2.82. The molecule has 0 heterocycles. The van der Waals surface area contributed by atoms with Gasteiger partial charge in [0.15, 0.2) is 0 Å². The van der Waals surface area contributed by atoms with E-state index >= 15 is 0 Å². The van der Waals surface area contributed by atoms with Crippen LogP contribution in [0.2, 0.25) is 0 Å². The Morgan fingerprint density at radius 3 is 2.72 bits per heavy atom. The van der Waals surface area contributed by atoms with Crippen molar-refractivity contribution in [3.8, 4) is 5.75 Å². The lowest BCUT2D eigenvalue weighted by atomic mass is 9.54. The van der Waals surface area contributed by atoms with Gasteiger partial charge in [-0.25, -0.2) is 4.18 Å². The monoisotopic (exact) mass is 368 g/mol. The Morgan fingerprint density at radius 2 is 2.00 bits per heavy atom. The summed E-state index contributed by atoms with van der Waals surface area (Å²) >= 11 is 0. The van der Waals surface area contributed by atoms with E-state index < -0.39 is 22.6 Å². The maximum atomic E-state index is 11.2. The van der Waals surface area contributed by atoms with Crippen LogP contribution in [0.1, 0.15) is 49.7 Å². The standard InChI is InChI=1S/C18H24O6S/c1-18-7-6-13-12-3-2-11(19)8-10(12)9-15(20)17(13)14(18)4-5-16(18)24-25(21,22)23/h2-3,8,13-17,19-20H,4-7,9H2,1H3,(H,21,22,23)/t13-,14+,15+,16+,17-,18+/m1/s1. The molecule has 0 unspecified atom stereocenters. The first-order valence-electron chi connectivity index (χ1n) is 8.84. The van der Waals surface area contributed by atoms with Crippen molar-refractivity contribution in [1.29, 1.82) is 0 Å². The van der Waals surface area contributed by atoms with Gasteiger partial charge in [-0.3, -0.25) is 4.55 Å². The fourth-order valence-corrected chi connectivity index (χ4v) is 6.45. The molecule has 25 heavy (non-hydrogen) atoms. The summed E-state index contributed by atoms with van der Waals surface area (Å²) in [6.07, 6.45) is 2.41. The highest BCUT2D eigenvalue weighted by Crippen LogP contribution is 2.61. The number of aliphatic hydroxyl groups is 1. The molecule has 1 aromatic carbocycles. The van der Waals surface area contributed by atoms with Gasteiger partial charge in [0, 0.05) is 0 Å². The zero-order valence-electron chi connectivity index (χ0n) is 14.1. The van der Waals surface area contributed by atoms with Crippen molar-refractivity contribution in [2.45, 2.75) is 57.2 Å². The second kappa shape index (κ2) is 5.67. The van der Waals surface area contributed by atoms with Crippen LogP contribution in [0.5, 0.6) is 5.75 Å². The lowest BCUT2D eigenvalue weighted by molar-refractivity contribution is -0.0566. The molecule has 4 rings (SSSR count). The minimum absolute atomic E-state index is 0.0470. The fraction of sp³-hybridized carbons (Fsp3) is 0.667. The predicted molar refractivity (Wildman–Crippen MR) is 90.5 cm³/mol. The van der Waals surface area contributed by atoms with Crippen molar-refractivity contribution in [3.05, 3.63) is 29.3 Å². The third-order valence-corrected chi connectivity index (χ3v) is 7.36. The van der Waals surface area contributed by atoms with Crippen molar-refractivity contribution in [2.24, 2.45) is 17.3 Å². The van der Waals surface area contributed by atoms with Crippen LogP contribution in [-0.4, -0.2) is 35.4 Å². The van der Waals surface area contributed by atoms with Crippen LogP contribution in [0.15, 0.2) is 18.2 Å². The second-order valence-electron chi connectivity index (χ2n) is 8.08. The van der Waals surface area contributed by atoms with Gasteiger partial charge in [0.05, 0.1) is 12.2 Å². The van der Waals surface area contributed by atoms with Crippen LogP contribution in [0, 0.1) is 17.3 Å². The minimum Gasteiger partial charge on any atom is -0.508 e. The highest BCUT2D eigenvalue weighted by molar-refractivity contribution is 7.80. The summed E-state index contributed by atoms with van der Waals surface area (Å²) in [5.41, 5.74) is 1.82. The SMILES string of the molecule is C[C@]12CC[C@@H]3c4ccc(O)cc4C[C@H](O)[C@H]3[C@@H]1CC[C@@H]2OS(=O)(=O)O. The van der Waals surface area contributed by atoms with E-state index in [1.54, 1.807) is 12.1 Å². The van der Waals surface area contributed by atoms with Crippen LogP contribution in [0.3, 0.4) is 0 Å². The maximum absolute atomic E-state index is 11.2. The third-order valence-electron chi connectivity index (χ3n) is 6.88. The summed E-state index contributed by atoms with van der Waals surface area (Å²) in [6, 6.07) is 5.39. The molecule has 0 aromatic heterocycles. The molecule has 2 fully saturated rings. The number of phenolic OH excluding ortho intramolecular Hbond substituents is 1. The van der Waals surface area contributed by atoms with E-state index in [4.69, 9.17) is 8.74 Å². The molecular formula is C18H24O6S. The largest absolute Gasteiger partial charge is 0.508 e. The number of aliphatic hydroxyl groups excluding tert-OH is 1. The van der Waals surface area contributed by atoms with Gasteiger partial charge in [-0.05, 0) is 78.5 Å². The quantitative estimate of drug-likeness (QED) is 0.693. The van der Waals surface area contributed by atoms with Crippen molar-refractivity contribution in [3.63, 3.8) is 0 Å². The molecule has 3 aliphatic carbocycles. The first-order valence-corrected chi connectivity index (χ1v) is 10.2. The second-order valence-corrected chi connectivity index (χ2v) is 9.13. The maximum Gasteiger partial charge on any atom is 0.397 e. The molecule has 3 N–H and O–H groups in total. The molecule has 1 aromatic rings. The lowest BCUT2D eigenvalue weighted by Gasteiger charge is -2.52. The van der Waals surface area contributed by atoms with Gasteiger partial charge < -0.3 is 10.2 Å². The zero-order valence-corrected chi connectivity index (χ0v) is 14.9. The van der Waals surface area contributed by atoms with Crippen LogP contribution in [0.25, 0.3) is 0 Å². The molecule has 0 aliphatic heterocycles. The average molecular weight is 368 g/mol.